The van der Waals surface area contributed by atoms with E-state index in [-0.39, 0.29) is 17.2 Å². The van der Waals surface area contributed by atoms with Gasteiger partial charge in [-0.15, -0.1) is 0 Å². The third-order valence-electron chi connectivity index (χ3n) is 4.81. The summed E-state index contributed by atoms with van der Waals surface area (Å²) in [5.74, 6) is -0.377. The van der Waals surface area contributed by atoms with Crippen molar-refractivity contribution in [2.24, 2.45) is 5.10 Å². The molecular formula is C21H22F3N3O4S. The number of rotatable bonds is 7. The summed E-state index contributed by atoms with van der Waals surface area (Å²) in [5, 5.41) is 3.74. The monoisotopic (exact) mass is 469 g/mol. The van der Waals surface area contributed by atoms with Gasteiger partial charge in [0.2, 0.25) is 15.9 Å². The molecule has 0 atom stereocenters. The van der Waals surface area contributed by atoms with Gasteiger partial charge in [-0.1, -0.05) is 24.3 Å². The summed E-state index contributed by atoms with van der Waals surface area (Å²) in [6.45, 7) is 1.37. The highest BCUT2D eigenvalue weighted by molar-refractivity contribution is 7.89. The van der Waals surface area contributed by atoms with Gasteiger partial charge in [0.1, 0.15) is 0 Å². The van der Waals surface area contributed by atoms with Crippen molar-refractivity contribution in [1.82, 2.24) is 9.73 Å². The summed E-state index contributed by atoms with van der Waals surface area (Å²) in [7, 11) is -3.57. The number of nitrogens with one attached hydrogen (secondary N) is 1. The first-order valence-electron chi connectivity index (χ1n) is 9.82. The van der Waals surface area contributed by atoms with Crippen LogP contribution in [0.25, 0.3) is 0 Å². The Hall–Kier alpha value is -2.76. The number of hydrogen-bond donors (Lipinski definition) is 1. The number of hydrazone groups is 1. The molecule has 1 fully saturated rings. The first-order valence-corrected chi connectivity index (χ1v) is 11.3. The van der Waals surface area contributed by atoms with E-state index >= 15 is 0 Å². The average Bonchev–Trinajstić information content (AvgIpc) is 2.78. The zero-order valence-corrected chi connectivity index (χ0v) is 17.8. The Kier molecular flexibility index (Phi) is 7.64. The Morgan fingerprint density at radius 2 is 1.69 bits per heavy atom. The van der Waals surface area contributed by atoms with Gasteiger partial charge in [0.15, 0.2) is 0 Å². The molecule has 2 aromatic rings. The number of morpholine rings is 1. The van der Waals surface area contributed by atoms with Gasteiger partial charge < -0.3 is 4.74 Å². The van der Waals surface area contributed by atoms with Gasteiger partial charge in [0.05, 0.1) is 29.9 Å². The van der Waals surface area contributed by atoms with Crippen molar-refractivity contribution < 1.29 is 31.1 Å². The predicted octanol–water partition coefficient (Wildman–Crippen LogP) is 2.81. The minimum atomic E-state index is -4.41. The molecule has 11 heteroatoms. The summed E-state index contributed by atoms with van der Waals surface area (Å²) in [5.41, 5.74) is 2.75. The lowest BCUT2D eigenvalue weighted by Gasteiger charge is -2.26. The summed E-state index contributed by atoms with van der Waals surface area (Å²) in [6, 6.07) is 10.7. The third kappa shape index (κ3) is 6.38. The first-order chi connectivity index (χ1) is 15.2. The second-order valence-corrected chi connectivity index (χ2v) is 9.01. The van der Waals surface area contributed by atoms with Gasteiger partial charge >= 0.3 is 6.18 Å². The van der Waals surface area contributed by atoms with Crippen LogP contribution in [-0.4, -0.2) is 51.1 Å². The molecule has 1 aliphatic heterocycles. The van der Waals surface area contributed by atoms with Crippen LogP contribution < -0.4 is 5.43 Å². The van der Waals surface area contributed by atoms with Gasteiger partial charge in [-0.2, -0.15) is 22.6 Å². The van der Waals surface area contributed by atoms with E-state index in [4.69, 9.17) is 4.74 Å². The zero-order valence-electron chi connectivity index (χ0n) is 17.0. The Balaban J connectivity index is 1.48. The number of carbonyl (C=O) groups is 1. The molecule has 3 rings (SSSR count). The summed E-state index contributed by atoms with van der Waals surface area (Å²) in [4.78, 5) is 12.1. The van der Waals surface area contributed by atoms with Crippen LogP contribution in [0.5, 0.6) is 0 Å². The number of nitrogens with zero attached hydrogens (tertiary/aromatic N) is 2. The number of aryl methyl sites for hydroxylation is 1. The lowest BCUT2D eigenvalue weighted by Crippen LogP contribution is -2.40. The van der Waals surface area contributed by atoms with Crippen LogP contribution in [0.2, 0.25) is 0 Å². The number of alkyl halides is 3. The van der Waals surface area contributed by atoms with Crippen LogP contribution in [0.15, 0.2) is 58.5 Å². The molecule has 0 bridgehead atoms. The molecule has 0 aliphatic carbocycles. The van der Waals surface area contributed by atoms with Crippen LogP contribution in [0.3, 0.4) is 0 Å². The SMILES string of the molecule is O=C(CCc1ccc(S(=O)(=O)N2CCOCC2)cc1)N/N=C/c1ccc(C(F)(F)F)cc1. The van der Waals surface area contributed by atoms with E-state index in [1.165, 1.54) is 34.8 Å². The minimum Gasteiger partial charge on any atom is -0.379 e. The molecule has 1 amide bonds. The average molecular weight is 469 g/mol. The Morgan fingerprint density at radius 1 is 1.06 bits per heavy atom. The quantitative estimate of drug-likeness (QED) is 0.499. The molecule has 172 valence electrons. The zero-order chi connectivity index (χ0) is 23.2. The number of sulfonamides is 1. The van der Waals surface area contributed by atoms with Gasteiger partial charge in [0.25, 0.3) is 0 Å². The van der Waals surface area contributed by atoms with E-state index in [1.807, 2.05) is 0 Å². The molecule has 0 radical (unpaired) electrons. The molecule has 0 unspecified atom stereocenters. The van der Waals surface area contributed by atoms with Crippen LogP contribution in [0.1, 0.15) is 23.1 Å². The molecule has 0 saturated carbocycles. The fourth-order valence-corrected chi connectivity index (χ4v) is 4.42. The maximum Gasteiger partial charge on any atom is 0.416 e. The highest BCUT2D eigenvalue weighted by atomic mass is 32.2. The summed E-state index contributed by atoms with van der Waals surface area (Å²) < 4.78 is 69.4. The van der Waals surface area contributed by atoms with E-state index in [2.05, 4.69) is 10.5 Å². The van der Waals surface area contributed by atoms with Crippen LogP contribution >= 0.6 is 0 Å². The Bertz CT molecular complexity index is 1050. The van der Waals surface area contributed by atoms with Crippen molar-refractivity contribution in [3.05, 3.63) is 65.2 Å². The minimum absolute atomic E-state index is 0.111. The highest BCUT2D eigenvalue weighted by Gasteiger charge is 2.30. The van der Waals surface area contributed by atoms with E-state index in [1.54, 1.807) is 12.1 Å². The predicted molar refractivity (Wildman–Crippen MR) is 112 cm³/mol. The third-order valence-corrected chi connectivity index (χ3v) is 6.73. The Morgan fingerprint density at radius 3 is 2.28 bits per heavy atom. The summed E-state index contributed by atoms with van der Waals surface area (Å²) in [6.07, 6.45) is -2.67. The number of hydrogen-bond acceptors (Lipinski definition) is 5. The maximum absolute atomic E-state index is 12.6. The fraction of sp³-hybridized carbons (Fsp3) is 0.333. The molecular weight excluding hydrogens is 447 g/mol. The molecule has 1 N–H and O–H groups in total. The lowest BCUT2D eigenvalue weighted by molar-refractivity contribution is -0.137. The van der Waals surface area contributed by atoms with E-state index in [0.717, 1.165) is 17.7 Å². The lowest BCUT2D eigenvalue weighted by atomic mass is 10.1. The Labute approximate surface area is 183 Å². The number of halogens is 3. The number of carbonyl (C=O) groups excluding carboxylic acids is 1. The molecule has 32 heavy (non-hydrogen) atoms. The number of ether oxygens (including phenoxy) is 1. The van der Waals surface area contributed by atoms with Gasteiger partial charge in [-0.3, -0.25) is 4.79 Å². The number of benzene rings is 2. The molecule has 2 aromatic carbocycles. The van der Waals surface area contributed by atoms with Crippen LogP contribution in [-0.2, 0) is 32.2 Å². The van der Waals surface area contributed by atoms with E-state index in [0.29, 0.717) is 38.3 Å². The normalized spacial score (nSPS) is 15.7. The largest absolute Gasteiger partial charge is 0.416 e. The van der Waals surface area contributed by atoms with E-state index in [9.17, 15) is 26.4 Å². The number of amides is 1. The topological polar surface area (TPSA) is 88.1 Å². The fourth-order valence-electron chi connectivity index (χ4n) is 3.01. The van der Waals surface area contributed by atoms with Crippen LogP contribution in [0, 0.1) is 0 Å². The molecule has 7 nitrogen and oxygen atoms in total. The van der Waals surface area contributed by atoms with E-state index < -0.39 is 21.8 Å². The molecule has 0 aromatic heterocycles. The van der Waals surface area contributed by atoms with Gasteiger partial charge in [-0.05, 0) is 41.8 Å². The molecule has 1 aliphatic rings. The highest BCUT2D eigenvalue weighted by Crippen LogP contribution is 2.28. The standard InChI is InChI=1S/C21H22F3N3O4S/c22-21(23,24)18-6-1-17(2-7-18)15-25-26-20(28)10-5-16-3-8-19(9-4-16)32(29,30)27-11-13-31-14-12-27/h1-4,6-9,15H,5,10-14H2,(H,26,28)/b25-15+. The molecule has 1 saturated heterocycles. The van der Waals surface area contributed by atoms with Gasteiger partial charge in [-0.25, -0.2) is 13.8 Å². The van der Waals surface area contributed by atoms with Crippen molar-refractivity contribution in [3.8, 4) is 0 Å². The second kappa shape index (κ2) is 10.2. The van der Waals surface area contributed by atoms with Crippen molar-refractivity contribution >= 4 is 22.1 Å². The molecule has 0 spiro atoms. The van der Waals surface area contributed by atoms with Crippen molar-refractivity contribution in [2.45, 2.75) is 23.9 Å². The molecule has 1 heterocycles. The summed E-state index contributed by atoms with van der Waals surface area (Å²) >= 11 is 0. The maximum atomic E-state index is 12.6. The first kappa shape index (κ1) is 23.9. The van der Waals surface area contributed by atoms with Crippen LogP contribution in [0.4, 0.5) is 13.2 Å². The van der Waals surface area contributed by atoms with Crippen molar-refractivity contribution in [2.75, 3.05) is 26.3 Å². The van der Waals surface area contributed by atoms with Gasteiger partial charge in [0, 0.05) is 19.5 Å². The second-order valence-electron chi connectivity index (χ2n) is 7.07. The smallest absolute Gasteiger partial charge is 0.379 e. The van der Waals surface area contributed by atoms with Crippen molar-refractivity contribution in [1.29, 1.82) is 0 Å². The van der Waals surface area contributed by atoms with Crippen molar-refractivity contribution in [3.63, 3.8) is 0 Å².